The summed E-state index contributed by atoms with van der Waals surface area (Å²) in [5, 5.41) is 4.65. The van der Waals surface area contributed by atoms with Gasteiger partial charge in [-0.1, -0.05) is 4.49 Å². The van der Waals surface area contributed by atoms with Crippen LogP contribution < -0.4 is 11.3 Å². The van der Waals surface area contributed by atoms with Gasteiger partial charge in [0.2, 0.25) is 0 Å². The van der Waals surface area contributed by atoms with E-state index >= 15 is 0 Å². The van der Waals surface area contributed by atoms with Gasteiger partial charge in [-0.25, -0.2) is 5.84 Å². The quantitative estimate of drug-likeness (QED) is 0.568. The van der Waals surface area contributed by atoms with E-state index in [1.54, 1.807) is 0 Å². The molecule has 1 rings (SSSR count). The second-order valence-corrected chi connectivity index (χ2v) is 4.35. The average molecular weight is 202 g/mol. The number of hydrogen-bond donors (Lipinski definition) is 2. The molecule has 6 heteroatoms. The molecular formula is C7H14N4OS. The van der Waals surface area contributed by atoms with Gasteiger partial charge >= 0.3 is 0 Å². The van der Waals surface area contributed by atoms with Crippen LogP contribution in [0.5, 0.6) is 0 Å². The van der Waals surface area contributed by atoms with Crippen molar-refractivity contribution < 1.29 is 4.74 Å². The van der Waals surface area contributed by atoms with Gasteiger partial charge in [-0.2, -0.15) is 0 Å². The molecule has 0 atom stereocenters. The topological polar surface area (TPSA) is 73.1 Å². The summed E-state index contributed by atoms with van der Waals surface area (Å²) >= 11 is 1.22. The number of hydrogen-bond acceptors (Lipinski definition) is 6. The first-order valence-corrected chi connectivity index (χ1v) is 4.72. The molecule has 0 unspecified atom stereocenters. The highest BCUT2D eigenvalue weighted by atomic mass is 32.1. The molecule has 1 heterocycles. The lowest BCUT2D eigenvalue weighted by molar-refractivity contribution is -0.0162. The van der Waals surface area contributed by atoms with E-state index < -0.39 is 0 Å². The van der Waals surface area contributed by atoms with E-state index in [1.165, 1.54) is 11.5 Å². The first-order chi connectivity index (χ1) is 6.03. The highest BCUT2D eigenvalue weighted by molar-refractivity contribution is 7.10. The van der Waals surface area contributed by atoms with Crippen molar-refractivity contribution in [3.8, 4) is 0 Å². The van der Waals surface area contributed by atoms with Crippen LogP contribution in [-0.2, 0) is 11.3 Å². The molecule has 0 radical (unpaired) electrons. The number of nitrogen functional groups attached to an aromatic ring is 1. The Morgan fingerprint density at radius 1 is 1.54 bits per heavy atom. The summed E-state index contributed by atoms with van der Waals surface area (Å²) < 4.78 is 9.29. The van der Waals surface area contributed by atoms with E-state index in [4.69, 9.17) is 10.6 Å². The molecule has 5 nitrogen and oxygen atoms in total. The molecule has 0 saturated heterocycles. The van der Waals surface area contributed by atoms with Crippen LogP contribution in [0.2, 0.25) is 0 Å². The lowest BCUT2D eigenvalue weighted by atomic mass is 10.2. The van der Waals surface area contributed by atoms with Gasteiger partial charge in [-0.05, 0) is 20.8 Å². The predicted octanol–water partition coefficient (Wildman–Crippen LogP) is 1.14. The van der Waals surface area contributed by atoms with Gasteiger partial charge in [-0.15, -0.1) is 5.10 Å². The predicted molar refractivity (Wildman–Crippen MR) is 52.3 cm³/mol. The summed E-state index contributed by atoms with van der Waals surface area (Å²) in [4.78, 5) is 0. The number of hydrazine groups is 1. The zero-order valence-corrected chi connectivity index (χ0v) is 8.81. The molecule has 0 aliphatic heterocycles. The summed E-state index contributed by atoms with van der Waals surface area (Å²) in [6.45, 7) is 6.40. The number of nitrogens with two attached hydrogens (primary N) is 1. The highest BCUT2D eigenvalue weighted by Gasteiger charge is 2.13. The Hall–Kier alpha value is -0.720. The van der Waals surface area contributed by atoms with Crippen LogP contribution in [0.15, 0.2) is 0 Å². The van der Waals surface area contributed by atoms with Gasteiger partial charge in [0.25, 0.3) is 0 Å². The normalized spacial score (nSPS) is 11.7. The summed E-state index contributed by atoms with van der Waals surface area (Å²) in [5.74, 6) is 5.26. The van der Waals surface area contributed by atoms with E-state index in [0.29, 0.717) is 6.61 Å². The van der Waals surface area contributed by atoms with E-state index in [9.17, 15) is 0 Å². The lowest BCUT2D eigenvalue weighted by Gasteiger charge is -2.18. The fraction of sp³-hybridized carbons (Fsp3) is 0.714. The number of aromatic nitrogens is 2. The Balaban J connectivity index is 2.54. The molecule has 0 aromatic carbocycles. The maximum absolute atomic E-state index is 5.52. The van der Waals surface area contributed by atoms with E-state index in [0.717, 1.165) is 10.7 Å². The number of anilines is 1. The van der Waals surface area contributed by atoms with Crippen molar-refractivity contribution in [3.63, 3.8) is 0 Å². The van der Waals surface area contributed by atoms with Crippen molar-refractivity contribution in [1.29, 1.82) is 0 Å². The van der Waals surface area contributed by atoms with Crippen molar-refractivity contribution in [2.45, 2.75) is 33.0 Å². The van der Waals surface area contributed by atoms with E-state index in [1.807, 2.05) is 20.8 Å². The molecule has 3 N–H and O–H groups in total. The number of nitrogens with one attached hydrogen (secondary N) is 1. The van der Waals surface area contributed by atoms with Crippen molar-refractivity contribution in [2.24, 2.45) is 5.84 Å². The first-order valence-electron chi connectivity index (χ1n) is 3.95. The maximum atomic E-state index is 5.52. The Labute approximate surface area is 81.4 Å². The number of rotatable bonds is 3. The van der Waals surface area contributed by atoms with Crippen molar-refractivity contribution in [1.82, 2.24) is 9.59 Å². The van der Waals surface area contributed by atoms with Gasteiger partial charge in [0.1, 0.15) is 10.7 Å². The Bertz CT molecular complexity index is 268. The van der Waals surface area contributed by atoms with Gasteiger partial charge in [0.15, 0.2) is 0 Å². The minimum atomic E-state index is -0.171. The Kier molecular flexibility index (Phi) is 3.18. The molecule has 0 saturated carbocycles. The fourth-order valence-corrected chi connectivity index (χ4v) is 1.18. The van der Waals surface area contributed by atoms with E-state index in [2.05, 4.69) is 15.0 Å². The third-order valence-electron chi connectivity index (χ3n) is 1.33. The maximum Gasteiger partial charge on any atom is 0.149 e. The lowest BCUT2D eigenvalue weighted by Crippen LogP contribution is -2.19. The summed E-state index contributed by atoms with van der Waals surface area (Å²) in [6, 6.07) is 0. The van der Waals surface area contributed by atoms with Gasteiger partial charge in [0.05, 0.1) is 12.2 Å². The van der Waals surface area contributed by atoms with Crippen molar-refractivity contribution in [2.75, 3.05) is 5.43 Å². The van der Waals surface area contributed by atoms with Crippen LogP contribution in [0.4, 0.5) is 5.00 Å². The molecule has 0 bridgehead atoms. The van der Waals surface area contributed by atoms with Crippen LogP contribution in [0.25, 0.3) is 0 Å². The number of ether oxygens (including phenoxy) is 1. The molecule has 0 spiro atoms. The zero-order valence-electron chi connectivity index (χ0n) is 8.00. The largest absolute Gasteiger partial charge is 0.369 e. The highest BCUT2D eigenvalue weighted by Crippen LogP contribution is 2.19. The Morgan fingerprint density at radius 2 is 2.23 bits per heavy atom. The van der Waals surface area contributed by atoms with Gasteiger partial charge < -0.3 is 10.2 Å². The molecule has 0 fully saturated rings. The second-order valence-electron chi connectivity index (χ2n) is 3.59. The summed E-state index contributed by atoms with van der Waals surface area (Å²) in [5.41, 5.74) is 3.11. The third-order valence-corrected chi connectivity index (χ3v) is 2.03. The zero-order chi connectivity index (χ0) is 9.90. The summed E-state index contributed by atoms with van der Waals surface area (Å²) in [6.07, 6.45) is 0. The molecule has 0 aliphatic carbocycles. The standard InChI is InChI=1S/C7H14N4OS/c1-7(2,3)12-4-5-6(9-8)13-11-10-5/h9H,4,8H2,1-3H3. The molecule has 1 aromatic heterocycles. The van der Waals surface area contributed by atoms with Crippen LogP contribution in [0.3, 0.4) is 0 Å². The van der Waals surface area contributed by atoms with Crippen LogP contribution in [0.1, 0.15) is 26.5 Å². The van der Waals surface area contributed by atoms with Gasteiger partial charge in [-0.3, -0.25) is 0 Å². The summed E-state index contributed by atoms with van der Waals surface area (Å²) in [7, 11) is 0. The molecule has 74 valence electrons. The molecule has 1 aromatic rings. The molecular weight excluding hydrogens is 188 g/mol. The SMILES string of the molecule is CC(C)(C)OCc1nnsc1NN. The monoisotopic (exact) mass is 202 g/mol. The molecule has 0 aliphatic rings. The minimum Gasteiger partial charge on any atom is -0.369 e. The minimum absolute atomic E-state index is 0.171. The average Bonchev–Trinajstić information content (AvgIpc) is 2.46. The van der Waals surface area contributed by atoms with Crippen LogP contribution in [-0.4, -0.2) is 15.2 Å². The van der Waals surface area contributed by atoms with Crippen molar-refractivity contribution >= 4 is 16.5 Å². The Morgan fingerprint density at radius 3 is 2.77 bits per heavy atom. The van der Waals surface area contributed by atoms with Crippen molar-refractivity contribution in [3.05, 3.63) is 5.69 Å². The molecule has 0 amide bonds. The smallest absolute Gasteiger partial charge is 0.149 e. The third kappa shape index (κ3) is 3.25. The number of nitrogens with zero attached hydrogens (tertiary/aromatic N) is 2. The fourth-order valence-electron chi connectivity index (χ4n) is 0.698. The van der Waals surface area contributed by atoms with Crippen LogP contribution >= 0.6 is 11.5 Å². The van der Waals surface area contributed by atoms with Crippen LogP contribution in [0, 0.1) is 0 Å². The first kappa shape index (κ1) is 10.4. The van der Waals surface area contributed by atoms with E-state index in [-0.39, 0.29) is 5.60 Å². The molecule has 13 heavy (non-hydrogen) atoms. The van der Waals surface area contributed by atoms with Gasteiger partial charge in [0, 0.05) is 11.5 Å². The second kappa shape index (κ2) is 3.99.